The van der Waals surface area contributed by atoms with Crippen molar-refractivity contribution in [2.24, 2.45) is 5.73 Å². The van der Waals surface area contributed by atoms with Crippen LogP contribution in [0.4, 0.5) is 0 Å². The second-order valence-electron chi connectivity index (χ2n) is 4.96. The Balaban J connectivity index is 2.13. The molecule has 17 heavy (non-hydrogen) atoms. The zero-order chi connectivity index (χ0) is 12.3. The number of halogens is 1. The van der Waals surface area contributed by atoms with Crippen LogP contribution in [0.15, 0.2) is 22.7 Å². The van der Waals surface area contributed by atoms with E-state index in [4.69, 9.17) is 10.5 Å². The van der Waals surface area contributed by atoms with Crippen LogP contribution in [-0.2, 0) is 6.42 Å². The summed E-state index contributed by atoms with van der Waals surface area (Å²) in [4.78, 5) is 0. The Morgan fingerprint density at radius 2 is 2.12 bits per heavy atom. The van der Waals surface area contributed by atoms with Crippen LogP contribution >= 0.6 is 15.9 Å². The lowest BCUT2D eigenvalue weighted by molar-refractivity contribution is 0.207. The highest BCUT2D eigenvalue weighted by Crippen LogP contribution is 2.29. The van der Waals surface area contributed by atoms with E-state index in [1.54, 1.807) is 0 Å². The van der Waals surface area contributed by atoms with Gasteiger partial charge in [0.15, 0.2) is 0 Å². The summed E-state index contributed by atoms with van der Waals surface area (Å²) in [7, 11) is 0. The van der Waals surface area contributed by atoms with Crippen molar-refractivity contribution in [1.82, 2.24) is 0 Å². The second-order valence-corrected chi connectivity index (χ2v) is 5.87. The summed E-state index contributed by atoms with van der Waals surface area (Å²) in [6, 6.07) is 6.37. The third-order valence-corrected chi connectivity index (χ3v) is 3.65. The SMILES string of the molecule is CC(N)Cc1cc(Br)ccc1OC1CCCC1. The predicted molar refractivity (Wildman–Crippen MR) is 74.4 cm³/mol. The molecule has 0 aromatic heterocycles. The van der Waals surface area contributed by atoms with E-state index in [9.17, 15) is 0 Å². The molecular formula is C14H20BrNO. The average molecular weight is 298 g/mol. The van der Waals surface area contributed by atoms with Crippen LogP contribution in [0, 0.1) is 0 Å². The highest BCUT2D eigenvalue weighted by atomic mass is 79.9. The minimum atomic E-state index is 0.162. The molecule has 0 bridgehead atoms. The lowest BCUT2D eigenvalue weighted by Gasteiger charge is -2.17. The normalized spacial score (nSPS) is 18.3. The first-order valence-electron chi connectivity index (χ1n) is 6.36. The summed E-state index contributed by atoms with van der Waals surface area (Å²) in [5, 5.41) is 0. The predicted octanol–water partition coefficient (Wildman–Crippen LogP) is 3.66. The molecule has 0 aliphatic heterocycles. The van der Waals surface area contributed by atoms with E-state index in [1.165, 1.54) is 31.2 Å². The first-order chi connectivity index (χ1) is 8.15. The van der Waals surface area contributed by atoms with Crippen LogP contribution in [-0.4, -0.2) is 12.1 Å². The average Bonchev–Trinajstić information content (AvgIpc) is 2.74. The maximum atomic E-state index is 6.09. The molecule has 0 saturated heterocycles. The van der Waals surface area contributed by atoms with Crippen molar-refractivity contribution in [3.8, 4) is 5.75 Å². The number of benzene rings is 1. The molecule has 0 amide bonds. The summed E-state index contributed by atoms with van der Waals surface area (Å²) in [5.74, 6) is 1.01. The molecule has 1 fully saturated rings. The van der Waals surface area contributed by atoms with Crippen LogP contribution in [0.1, 0.15) is 38.2 Å². The van der Waals surface area contributed by atoms with E-state index in [2.05, 4.69) is 28.1 Å². The van der Waals surface area contributed by atoms with E-state index in [-0.39, 0.29) is 6.04 Å². The maximum absolute atomic E-state index is 6.09. The zero-order valence-electron chi connectivity index (χ0n) is 10.3. The molecule has 1 unspecified atom stereocenters. The van der Waals surface area contributed by atoms with Gasteiger partial charge in [-0.1, -0.05) is 15.9 Å². The Labute approximate surface area is 112 Å². The Morgan fingerprint density at radius 3 is 2.76 bits per heavy atom. The number of ether oxygens (including phenoxy) is 1. The molecule has 0 heterocycles. The van der Waals surface area contributed by atoms with Crippen molar-refractivity contribution >= 4 is 15.9 Å². The monoisotopic (exact) mass is 297 g/mol. The van der Waals surface area contributed by atoms with Crippen molar-refractivity contribution in [3.63, 3.8) is 0 Å². The molecule has 2 nitrogen and oxygen atoms in total. The Morgan fingerprint density at radius 1 is 1.41 bits per heavy atom. The van der Waals surface area contributed by atoms with Crippen LogP contribution in [0.5, 0.6) is 5.75 Å². The highest BCUT2D eigenvalue weighted by molar-refractivity contribution is 9.10. The van der Waals surface area contributed by atoms with E-state index in [1.807, 2.05) is 13.0 Å². The highest BCUT2D eigenvalue weighted by Gasteiger charge is 2.18. The molecule has 3 heteroatoms. The Kier molecular flexibility index (Phi) is 4.46. The molecule has 1 atom stereocenters. The zero-order valence-corrected chi connectivity index (χ0v) is 11.9. The molecule has 1 aliphatic carbocycles. The molecular weight excluding hydrogens is 278 g/mol. The summed E-state index contributed by atoms with van der Waals surface area (Å²) in [6.45, 7) is 2.03. The molecule has 94 valence electrons. The van der Waals surface area contributed by atoms with Crippen molar-refractivity contribution in [1.29, 1.82) is 0 Å². The smallest absolute Gasteiger partial charge is 0.123 e. The van der Waals surface area contributed by atoms with Crippen molar-refractivity contribution in [2.75, 3.05) is 0 Å². The minimum Gasteiger partial charge on any atom is -0.490 e. The van der Waals surface area contributed by atoms with Crippen molar-refractivity contribution < 1.29 is 4.74 Å². The van der Waals surface area contributed by atoms with Gasteiger partial charge >= 0.3 is 0 Å². The van der Waals surface area contributed by atoms with Gasteiger partial charge in [0, 0.05) is 10.5 Å². The largest absolute Gasteiger partial charge is 0.490 e. The molecule has 0 spiro atoms. The van der Waals surface area contributed by atoms with E-state index in [0.29, 0.717) is 6.10 Å². The van der Waals surface area contributed by atoms with Gasteiger partial charge in [0.05, 0.1) is 6.10 Å². The van der Waals surface area contributed by atoms with Crippen molar-refractivity contribution in [2.45, 2.75) is 51.2 Å². The summed E-state index contributed by atoms with van der Waals surface area (Å²) >= 11 is 3.50. The minimum absolute atomic E-state index is 0.162. The lowest BCUT2D eigenvalue weighted by atomic mass is 10.1. The van der Waals surface area contributed by atoms with E-state index >= 15 is 0 Å². The fraction of sp³-hybridized carbons (Fsp3) is 0.571. The van der Waals surface area contributed by atoms with Crippen LogP contribution in [0.2, 0.25) is 0 Å². The molecule has 1 aromatic carbocycles. The second kappa shape index (κ2) is 5.87. The van der Waals surface area contributed by atoms with E-state index in [0.717, 1.165) is 16.6 Å². The van der Waals surface area contributed by atoms with Gasteiger partial charge in [-0.2, -0.15) is 0 Å². The van der Waals surface area contributed by atoms with Crippen LogP contribution in [0.3, 0.4) is 0 Å². The Bertz CT molecular complexity index is 372. The van der Waals surface area contributed by atoms with Crippen LogP contribution in [0.25, 0.3) is 0 Å². The molecule has 2 N–H and O–H groups in total. The van der Waals surface area contributed by atoms with Gasteiger partial charge in [0.1, 0.15) is 5.75 Å². The Hall–Kier alpha value is -0.540. The van der Waals surface area contributed by atoms with Crippen molar-refractivity contribution in [3.05, 3.63) is 28.2 Å². The van der Waals surface area contributed by atoms with Gasteiger partial charge < -0.3 is 10.5 Å². The standard InChI is InChI=1S/C14H20BrNO/c1-10(16)8-11-9-12(15)6-7-14(11)17-13-4-2-3-5-13/h6-7,9-10,13H,2-5,8,16H2,1H3. The first kappa shape index (κ1) is 12.9. The van der Waals surface area contributed by atoms with Gasteiger partial charge in [0.25, 0.3) is 0 Å². The lowest BCUT2D eigenvalue weighted by Crippen LogP contribution is -2.19. The fourth-order valence-corrected chi connectivity index (χ4v) is 2.76. The van der Waals surface area contributed by atoms with Gasteiger partial charge in [-0.15, -0.1) is 0 Å². The number of hydrogen-bond acceptors (Lipinski definition) is 2. The van der Waals surface area contributed by atoms with Gasteiger partial charge in [-0.05, 0) is 62.8 Å². The molecule has 2 rings (SSSR count). The summed E-state index contributed by atoms with van der Waals surface area (Å²) < 4.78 is 7.18. The molecule has 1 aliphatic rings. The summed E-state index contributed by atoms with van der Waals surface area (Å²) in [6.07, 6.45) is 6.24. The number of hydrogen-bond donors (Lipinski definition) is 1. The van der Waals surface area contributed by atoms with Gasteiger partial charge in [-0.3, -0.25) is 0 Å². The maximum Gasteiger partial charge on any atom is 0.123 e. The molecule has 0 radical (unpaired) electrons. The van der Waals surface area contributed by atoms with E-state index < -0.39 is 0 Å². The molecule has 1 saturated carbocycles. The first-order valence-corrected chi connectivity index (χ1v) is 7.15. The van der Waals surface area contributed by atoms with Crippen LogP contribution < -0.4 is 10.5 Å². The third kappa shape index (κ3) is 3.71. The number of rotatable bonds is 4. The van der Waals surface area contributed by atoms with Gasteiger partial charge in [0.2, 0.25) is 0 Å². The quantitative estimate of drug-likeness (QED) is 0.920. The van der Waals surface area contributed by atoms with Gasteiger partial charge in [-0.25, -0.2) is 0 Å². The number of nitrogens with two attached hydrogens (primary N) is 1. The fourth-order valence-electron chi connectivity index (χ4n) is 2.36. The topological polar surface area (TPSA) is 35.2 Å². The molecule has 1 aromatic rings. The summed E-state index contributed by atoms with van der Waals surface area (Å²) in [5.41, 5.74) is 7.09. The third-order valence-electron chi connectivity index (χ3n) is 3.16.